The SMILES string of the molecule is CC(C)c1ccc(CCCCCCN)c(C(C)C)c1. The first-order valence-electron chi connectivity index (χ1n) is 7.89. The van der Waals surface area contributed by atoms with E-state index in [1.165, 1.54) is 37.7 Å². The molecule has 0 amide bonds. The Morgan fingerprint density at radius 3 is 2.16 bits per heavy atom. The van der Waals surface area contributed by atoms with Crippen molar-refractivity contribution >= 4 is 0 Å². The van der Waals surface area contributed by atoms with Crippen LogP contribution in [-0.2, 0) is 6.42 Å². The van der Waals surface area contributed by atoms with Gasteiger partial charge in [0.2, 0.25) is 0 Å². The van der Waals surface area contributed by atoms with E-state index in [0.29, 0.717) is 11.8 Å². The molecule has 0 radical (unpaired) electrons. The first-order valence-corrected chi connectivity index (χ1v) is 7.89. The van der Waals surface area contributed by atoms with Gasteiger partial charge in [0.05, 0.1) is 0 Å². The van der Waals surface area contributed by atoms with Crippen molar-refractivity contribution in [3.05, 3.63) is 34.9 Å². The van der Waals surface area contributed by atoms with Gasteiger partial charge in [-0.05, 0) is 54.3 Å². The Hall–Kier alpha value is -0.820. The number of rotatable bonds is 8. The van der Waals surface area contributed by atoms with Crippen LogP contribution in [0.2, 0.25) is 0 Å². The van der Waals surface area contributed by atoms with Gasteiger partial charge in [-0.1, -0.05) is 58.7 Å². The maximum atomic E-state index is 5.53. The Bertz CT molecular complexity index is 366. The number of benzene rings is 1. The summed E-state index contributed by atoms with van der Waals surface area (Å²) in [4.78, 5) is 0. The van der Waals surface area contributed by atoms with E-state index in [1.807, 2.05) is 0 Å². The van der Waals surface area contributed by atoms with E-state index in [1.54, 1.807) is 11.1 Å². The highest BCUT2D eigenvalue weighted by Crippen LogP contribution is 2.26. The molecule has 0 aromatic heterocycles. The Labute approximate surface area is 119 Å². The fourth-order valence-corrected chi connectivity index (χ4v) is 2.55. The number of aryl methyl sites for hydroxylation is 1. The maximum absolute atomic E-state index is 5.53. The molecule has 0 aliphatic carbocycles. The zero-order valence-corrected chi connectivity index (χ0v) is 13.2. The summed E-state index contributed by atoms with van der Waals surface area (Å²) in [6, 6.07) is 7.09. The molecule has 1 rings (SSSR count). The number of hydrogen-bond donors (Lipinski definition) is 1. The highest BCUT2D eigenvalue weighted by atomic mass is 14.5. The van der Waals surface area contributed by atoms with Crippen LogP contribution in [0.4, 0.5) is 0 Å². The molecule has 108 valence electrons. The van der Waals surface area contributed by atoms with E-state index < -0.39 is 0 Å². The van der Waals surface area contributed by atoms with Crippen LogP contribution in [0.25, 0.3) is 0 Å². The fraction of sp³-hybridized carbons (Fsp3) is 0.667. The normalized spacial score (nSPS) is 11.5. The summed E-state index contributed by atoms with van der Waals surface area (Å²) in [5.41, 5.74) is 10.1. The minimum absolute atomic E-state index is 0.621. The molecule has 2 N–H and O–H groups in total. The molecular weight excluding hydrogens is 230 g/mol. The molecule has 1 aromatic carbocycles. The van der Waals surface area contributed by atoms with Crippen molar-refractivity contribution in [2.45, 2.75) is 71.6 Å². The second-order valence-corrected chi connectivity index (χ2v) is 6.22. The van der Waals surface area contributed by atoms with Gasteiger partial charge in [-0.15, -0.1) is 0 Å². The van der Waals surface area contributed by atoms with Gasteiger partial charge in [-0.2, -0.15) is 0 Å². The van der Waals surface area contributed by atoms with Crippen LogP contribution in [0, 0.1) is 0 Å². The quantitative estimate of drug-likeness (QED) is 0.655. The van der Waals surface area contributed by atoms with Gasteiger partial charge in [0.1, 0.15) is 0 Å². The number of nitrogens with two attached hydrogens (primary N) is 1. The predicted octanol–water partition coefficient (Wildman–Crippen LogP) is 5.00. The van der Waals surface area contributed by atoms with Crippen LogP contribution in [0.3, 0.4) is 0 Å². The fourth-order valence-electron chi connectivity index (χ4n) is 2.55. The molecule has 0 bridgehead atoms. The predicted molar refractivity (Wildman–Crippen MR) is 85.8 cm³/mol. The Morgan fingerprint density at radius 1 is 0.895 bits per heavy atom. The molecule has 1 nitrogen and oxygen atoms in total. The largest absolute Gasteiger partial charge is 0.330 e. The van der Waals surface area contributed by atoms with Gasteiger partial charge >= 0.3 is 0 Å². The third-order valence-corrected chi connectivity index (χ3v) is 3.86. The van der Waals surface area contributed by atoms with Crippen LogP contribution in [0.1, 0.15) is 81.9 Å². The number of unbranched alkanes of at least 4 members (excludes halogenated alkanes) is 3. The second kappa shape index (κ2) is 8.37. The summed E-state index contributed by atoms with van der Waals surface area (Å²) in [5, 5.41) is 0. The molecule has 0 unspecified atom stereocenters. The molecule has 19 heavy (non-hydrogen) atoms. The van der Waals surface area contributed by atoms with E-state index in [-0.39, 0.29) is 0 Å². The maximum Gasteiger partial charge on any atom is -0.00773 e. The Balaban J connectivity index is 2.66. The van der Waals surface area contributed by atoms with Crippen LogP contribution < -0.4 is 5.73 Å². The molecule has 1 aromatic rings. The summed E-state index contributed by atoms with van der Waals surface area (Å²) in [6.45, 7) is 9.98. The van der Waals surface area contributed by atoms with Crippen molar-refractivity contribution in [1.82, 2.24) is 0 Å². The minimum atomic E-state index is 0.621. The van der Waals surface area contributed by atoms with E-state index in [9.17, 15) is 0 Å². The third-order valence-electron chi connectivity index (χ3n) is 3.86. The van der Waals surface area contributed by atoms with Gasteiger partial charge in [-0.25, -0.2) is 0 Å². The average Bonchev–Trinajstić information content (AvgIpc) is 2.38. The van der Waals surface area contributed by atoms with Gasteiger partial charge < -0.3 is 5.73 Å². The zero-order chi connectivity index (χ0) is 14.3. The van der Waals surface area contributed by atoms with Crippen LogP contribution in [0.5, 0.6) is 0 Å². The topological polar surface area (TPSA) is 26.0 Å². The summed E-state index contributed by atoms with van der Waals surface area (Å²) < 4.78 is 0. The minimum Gasteiger partial charge on any atom is -0.330 e. The van der Waals surface area contributed by atoms with Gasteiger partial charge in [-0.3, -0.25) is 0 Å². The van der Waals surface area contributed by atoms with E-state index in [2.05, 4.69) is 45.9 Å². The van der Waals surface area contributed by atoms with Gasteiger partial charge in [0, 0.05) is 0 Å². The summed E-state index contributed by atoms with van der Waals surface area (Å²) in [5.74, 6) is 1.24. The van der Waals surface area contributed by atoms with Crippen molar-refractivity contribution < 1.29 is 0 Å². The van der Waals surface area contributed by atoms with Crippen molar-refractivity contribution in [1.29, 1.82) is 0 Å². The lowest BCUT2D eigenvalue weighted by Crippen LogP contribution is -2.01. The molecule has 0 fully saturated rings. The summed E-state index contributed by atoms with van der Waals surface area (Å²) in [7, 11) is 0. The standard InChI is InChI=1S/C18H31N/c1-14(2)17-11-10-16(18(13-17)15(3)4)9-7-5-6-8-12-19/h10-11,13-15H,5-9,12,19H2,1-4H3. The van der Waals surface area contributed by atoms with E-state index >= 15 is 0 Å². The average molecular weight is 261 g/mol. The first-order chi connectivity index (χ1) is 9.06. The molecular formula is C18H31N. The third kappa shape index (κ3) is 5.36. The van der Waals surface area contributed by atoms with Gasteiger partial charge in [0.25, 0.3) is 0 Å². The zero-order valence-electron chi connectivity index (χ0n) is 13.2. The van der Waals surface area contributed by atoms with Crippen molar-refractivity contribution in [2.24, 2.45) is 5.73 Å². The van der Waals surface area contributed by atoms with Crippen molar-refractivity contribution in [3.8, 4) is 0 Å². The Morgan fingerprint density at radius 2 is 1.58 bits per heavy atom. The molecule has 0 saturated carbocycles. The molecule has 0 heterocycles. The molecule has 1 heteroatoms. The lowest BCUT2D eigenvalue weighted by Gasteiger charge is -2.16. The highest BCUT2D eigenvalue weighted by molar-refractivity contribution is 5.35. The molecule has 0 aliphatic heterocycles. The van der Waals surface area contributed by atoms with E-state index in [0.717, 1.165) is 6.54 Å². The molecule has 0 aliphatic rings. The summed E-state index contributed by atoms with van der Waals surface area (Å²) >= 11 is 0. The van der Waals surface area contributed by atoms with Crippen LogP contribution >= 0.6 is 0 Å². The lowest BCUT2D eigenvalue weighted by molar-refractivity contribution is 0.643. The first kappa shape index (κ1) is 16.2. The van der Waals surface area contributed by atoms with Crippen molar-refractivity contribution in [3.63, 3.8) is 0 Å². The number of hydrogen-bond acceptors (Lipinski definition) is 1. The van der Waals surface area contributed by atoms with Crippen molar-refractivity contribution in [2.75, 3.05) is 6.54 Å². The summed E-state index contributed by atoms with van der Waals surface area (Å²) in [6.07, 6.45) is 6.26. The van der Waals surface area contributed by atoms with Crippen LogP contribution in [-0.4, -0.2) is 6.54 Å². The second-order valence-electron chi connectivity index (χ2n) is 6.22. The molecule has 0 atom stereocenters. The highest BCUT2D eigenvalue weighted by Gasteiger charge is 2.09. The molecule has 0 saturated heterocycles. The lowest BCUT2D eigenvalue weighted by atomic mass is 9.89. The van der Waals surface area contributed by atoms with Crippen LogP contribution in [0.15, 0.2) is 18.2 Å². The van der Waals surface area contributed by atoms with Gasteiger partial charge in [0.15, 0.2) is 0 Å². The smallest absolute Gasteiger partial charge is 0.00773 e. The Kier molecular flexibility index (Phi) is 7.15. The van der Waals surface area contributed by atoms with E-state index in [4.69, 9.17) is 5.73 Å². The molecule has 0 spiro atoms. The monoisotopic (exact) mass is 261 g/mol.